The van der Waals surface area contributed by atoms with E-state index in [1.54, 1.807) is 6.92 Å². The summed E-state index contributed by atoms with van der Waals surface area (Å²) < 4.78 is 29.2. The zero-order chi connectivity index (χ0) is 15.0. The van der Waals surface area contributed by atoms with Gasteiger partial charge in [-0.15, -0.1) is 10.2 Å². The van der Waals surface area contributed by atoms with Gasteiger partial charge in [-0.05, 0) is 25.5 Å². The van der Waals surface area contributed by atoms with Crippen LogP contribution in [0.15, 0.2) is 23.2 Å². The lowest BCUT2D eigenvalue weighted by atomic mass is 10.3. The lowest BCUT2D eigenvalue weighted by molar-refractivity contribution is 0.546. The fraction of sp³-hybridized carbons (Fsp3) is 0.417. The zero-order valence-electron chi connectivity index (χ0n) is 11.3. The third-order valence-corrected chi connectivity index (χ3v) is 5.11. The van der Waals surface area contributed by atoms with Crippen LogP contribution in [-0.4, -0.2) is 28.2 Å². The Balaban J connectivity index is 1.85. The highest BCUT2D eigenvalue weighted by molar-refractivity contribution is 7.89. The van der Waals surface area contributed by atoms with Gasteiger partial charge in [-0.1, -0.05) is 11.6 Å². The van der Waals surface area contributed by atoms with Crippen molar-refractivity contribution in [3.05, 3.63) is 35.1 Å². The molecule has 0 fully saturated rings. The van der Waals surface area contributed by atoms with Crippen molar-refractivity contribution >= 4 is 21.6 Å². The van der Waals surface area contributed by atoms with E-state index in [9.17, 15) is 8.42 Å². The molecule has 3 heterocycles. The van der Waals surface area contributed by atoms with E-state index in [0.29, 0.717) is 5.82 Å². The Bertz CT molecular complexity index is 774. The molecule has 7 nitrogen and oxygen atoms in total. The first kappa shape index (κ1) is 14.4. The molecule has 0 amide bonds. The molecule has 1 unspecified atom stereocenters. The standard InChI is InChI=1S/C12H14ClN5O2S/c1-8(12-16-15-11-3-2-6-18(11)12)17-21(19,20)9-4-5-14-10(13)7-9/h4-5,7-8,17H,2-3,6H2,1H3. The van der Waals surface area contributed by atoms with E-state index >= 15 is 0 Å². The summed E-state index contributed by atoms with van der Waals surface area (Å²) >= 11 is 5.73. The smallest absolute Gasteiger partial charge is 0.241 e. The Hall–Kier alpha value is -1.51. The number of nitrogens with zero attached hydrogens (tertiary/aromatic N) is 4. The van der Waals surface area contributed by atoms with Gasteiger partial charge >= 0.3 is 0 Å². The molecule has 0 aromatic carbocycles. The van der Waals surface area contributed by atoms with Crippen LogP contribution in [0.25, 0.3) is 0 Å². The second-order valence-electron chi connectivity index (χ2n) is 4.89. The predicted octanol–water partition coefficient (Wildman–Crippen LogP) is 1.31. The van der Waals surface area contributed by atoms with Crippen molar-refractivity contribution in [1.29, 1.82) is 0 Å². The summed E-state index contributed by atoms with van der Waals surface area (Å²) in [4.78, 5) is 3.86. The monoisotopic (exact) mass is 327 g/mol. The quantitative estimate of drug-likeness (QED) is 0.855. The minimum Gasteiger partial charge on any atom is -0.314 e. The number of rotatable bonds is 4. The van der Waals surface area contributed by atoms with E-state index in [0.717, 1.165) is 25.2 Å². The molecule has 1 aliphatic heterocycles. The Kier molecular flexibility index (Phi) is 3.68. The van der Waals surface area contributed by atoms with Crippen molar-refractivity contribution in [2.24, 2.45) is 0 Å². The fourth-order valence-corrected chi connectivity index (χ4v) is 3.85. The fourth-order valence-electron chi connectivity index (χ4n) is 2.40. The van der Waals surface area contributed by atoms with Crippen LogP contribution >= 0.6 is 11.6 Å². The first-order valence-electron chi connectivity index (χ1n) is 6.53. The van der Waals surface area contributed by atoms with Crippen LogP contribution in [0.2, 0.25) is 5.15 Å². The van der Waals surface area contributed by atoms with Crippen molar-refractivity contribution < 1.29 is 8.42 Å². The number of aryl methyl sites for hydroxylation is 1. The number of halogens is 1. The molecule has 0 saturated carbocycles. The first-order valence-corrected chi connectivity index (χ1v) is 8.39. The van der Waals surface area contributed by atoms with Gasteiger partial charge in [0.1, 0.15) is 11.0 Å². The maximum atomic E-state index is 12.3. The van der Waals surface area contributed by atoms with Crippen LogP contribution in [0.4, 0.5) is 0 Å². The SMILES string of the molecule is CC(NS(=O)(=O)c1ccnc(Cl)c1)c1nnc2n1CCC2. The summed E-state index contributed by atoms with van der Waals surface area (Å²) in [5.74, 6) is 1.54. The van der Waals surface area contributed by atoms with Gasteiger partial charge < -0.3 is 4.57 Å². The number of sulfonamides is 1. The summed E-state index contributed by atoms with van der Waals surface area (Å²) in [5, 5.41) is 8.30. The zero-order valence-corrected chi connectivity index (χ0v) is 12.9. The highest BCUT2D eigenvalue weighted by atomic mass is 35.5. The average molecular weight is 328 g/mol. The Morgan fingerprint density at radius 1 is 1.43 bits per heavy atom. The van der Waals surface area contributed by atoms with Crippen LogP contribution in [0.3, 0.4) is 0 Å². The molecule has 0 spiro atoms. The highest BCUT2D eigenvalue weighted by Crippen LogP contribution is 2.21. The van der Waals surface area contributed by atoms with Crippen molar-refractivity contribution in [3.8, 4) is 0 Å². The maximum Gasteiger partial charge on any atom is 0.241 e. The molecule has 21 heavy (non-hydrogen) atoms. The van der Waals surface area contributed by atoms with E-state index in [2.05, 4.69) is 19.9 Å². The molecule has 1 aliphatic rings. The summed E-state index contributed by atoms with van der Waals surface area (Å²) in [5.41, 5.74) is 0. The van der Waals surface area contributed by atoms with Crippen LogP contribution in [0.5, 0.6) is 0 Å². The first-order chi connectivity index (χ1) is 9.97. The van der Waals surface area contributed by atoms with Gasteiger partial charge in [0.15, 0.2) is 5.82 Å². The average Bonchev–Trinajstić information content (AvgIpc) is 3.00. The second kappa shape index (κ2) is 5.36. The molecule has 9 heteroatoms. The molecule has 112 valence electrons. The van der Waals surface area contributed by atoms with Crippen molar-refractivity contribution in [2.45, 2.75) is 37.2 Å². The van der Waals surface area contributed by atoms with Crippen LogP contribution in [-0.2, 0) is 23.0 Å². The van der Waals surface area contributed by atoms with Crippen LogP contribution < -0.4 is 4.72 Å². The minimum atomic E-state index is -3.68. The van der Waals surface area contributed by atoms with Gasteiger partial charge in [0.25, 0.3) is 0 Å². The topological polar surface area (TPSA) is 89.8 Å². The van der Waals surface area contributed by atoms with Crippen molar-refractivity contribution in [2.75, 3.05) is 0 Å². The summed E-state index contributed by atoms with van der Waals surface area (Å²) in [7, 11) is -3.68. The summed E-state index contributed by atoms with van der Waals surface area (Å²) in [6, 6.07) is 2.24. The van der Waals surface area contributed by atoms with E-state index in [-0.39, 0.29) is 10.0 Å². The predicted molar refractivity (Wildman–Crippen MR) is 76.3 cm³/mol. The Morgan fingerprint density at radius 3 is 3.00 bits per heavy atom. The summed E-state index contributed by atoms with van der Waals surface area (Å²) in [6.45, 7) is 2.57. The van der Waals surface area contributed by atoms with E-state index in [4.69, 9.17) is 11.6 Å². The lowest BCUT2D eigenvalue weighted by Gasteiger charge is -2.14. The molecule has 0 radical (unpaired) electrons. The van der Waals surface area contributed by atoms with Gasteiger partial charge in [-0.3, -0.25) is 0 Å². The largest absolute Gasteiger partial charge is 0.314 e. The van der Waals surface area contributed by atoms with Crippen molar-refractivity contribution in [3.63, 3.8) is 0 Å². The lowest BCUT2D eigenvalue weighted by Crippen LogP contribution is -2.28. The molecule has 0 bridgehead atoms. The molecule has 1 atom stereocenters. The number of pyridine rings is 1. The molecular weight excluding hydrogens is 314 g/mol. The number of hydrogen-bond donors (Lipinski definition) is 1. The highest BCUT2D eigenvalue weighted by Gasteiger charge is 2.25. The number of nitrogens with one attached hydrogen (secondary N) is 1. The second-order valence-corrected chi connectivity index (χ2v) is 6.99. The van der Waals surface area contributed by atoms with Crippen LogP contribution in [0, 0.1) is 0 Å². The molecule has 1 N–H and O–H groups in total. The van der Waals surface area contributed by atoms with Gasteiger partial charge in [-0.25, -0.2) is 18.1 Å². The molecule has 2 aromatic heterocycles. The molecule has 0 aliphatic carbocycles. The Morgan fingerprint density at radius 2 is 2.24 bits per heavy atom. The van der Waals surface area contributed by atoms with E-state index in [1.165, 1.54) is 18.3 Å². The number of fused-ring (bicyclic) bond motifs is 1. The minimum absolute atomic E-state index is 0.0792. The Labute approximate surface area is 127 Å². The summed E-state index contributed by atoms with van der Waals surface area (Å²) in [6.07, 6.45) is 3.25. The van der Waals surface area contributed by atoms with Crippen LogP contribution in [0.1, 0.15) is 31.0 Å². The van der Waals surface area contributed by atoms with E-state index in [1.807, 2.05) is 4.57 Å². The van der Waals surface area contributed by atoms with Gasteiger partial charge in [0.05, 0.1) is 10.9 Å². The van der Waals surface area contributed by atoms with Gasteiger partial charge in [-0.2, -0.15) is 0 Å². The third kappa shape index (κ3) is 2.78. The molecular formula is C12H14ClN5O2S. The van der Waals surface area contributed by atoms with Crippen molar-refractivity contribution in [1.82, 2.24) is 24.5 Å². The maximum absolute atomic E-state index is 12.3. The van der Waals surface area contributed by atoms with E-state index < -0.39 is 16.1 Å². The molecule has 2 aromatic rings. The molecule has 3 rings (SSSR count). The van der Waals surface area contributed by atoms with Gasteiger partial charge in [0, 0.05) is 19.2 Å². The normalized spacial score (nSPS) is 15.9. The molecule has 0 saturated heterocycles. The van der Waals surface area contributed by atoms with Gasteiger partial charge in [0.2, 0.25) is 10.0 Å². The number of aromatic nitrogens is 4. The number of hydrogen-bond acceptors (Lipinski definition) is 5. The third-order valence-electron chi connectivity index (χ3n) is 3.37.